The Morgan fingerprint density at radius 2 is 2.16 bits per heavy atom. The van der Waals surface area contributed by atoms with Crippen molar-refractivity contribution >= 4 is 29.3 Å². The Bertz CT molecular complexity index is 772. The van der Waals surface area contributed by atoms with Crippen molar-refractivity contribution < 1.29 is 9.53 Å². The molecular formula is C17H21ClN4O2S. The summed E-state index contributed by atoms with van der Waals surface area (Å²) in [4.78, 5) is 12.7. The second-order valence-corrected chi connectivity index (χ2v) is 8.56. The van der Waals surface area contributed by atoms with Gasteiger partial charge in [0.1, 0.15) is 12.4 Å². The molecule has 6 nitrogen and oxygen atoms in total. The number of aromatic nitrogens is 3. The van der Waals surface area contributed by atoms with Crippen LogP contribution in [0.3, 0.4) is 0 Å². The van der Waals surface area contributed by atoms with Gasteiger partial charge in [0, 0.05) is 17.2 Å². The second-order valence-electron chi connectivity index (χ2n) is 7.06. The second kappa shape index (κ2) is 7.25. The van der Waals surface area contributed by atoms with Crippen molar-refractivity contribution in [1.82, 2.24) is 14.9 Å². The quantitative estimate of drug-likeness (QED) is 0.812. The van der Waals surface area contributed by atoms with Crippen LogP contribution in [0.4, 0.5) is 0 Å². The molecule has 0 unspecified atom stereocenters. The normalized spacial score (nSPS) is 14.3. The van der Waals surface area contributed by atoms with E-state index in [1.165, 1.54) is 0 Å². The van der Waals surface area contributed by atoms with E-state index in [0.717, 1.165) is 10.9 Å². The molecular weight excluding hydrogens is 360 g/mol. The van der Waals surface area contributed by atoms with Gasteiger partial charge in [-0.1, -0.05) is 50.2 Å². The molecule has 0 bridgehead atoms. The summed E-state index contributed by atoms with van der Waals surface area (Å²) in [6, 6.07) is 7.19. The van der Waals surface area contributed by atoms with E-state index < -0.39 is 0 Å². The first-order valence-electron chi connectivity index (χ1n) is 8.09. The predicted octanol–water partition coefficient (Wildman–Crippen LogP) is 3.52. The lowest BCUT2D eigenvalue weighted by atomic mass is 9.92. The molecule has 0 atom stereocenters. The Morgan fingerprint density at radius 3 is 2.88 bits per heavy atom. The zero-order valence-corrected chi connectivity index (χ0v) is 16.1. The minimum Gasteiger partial charge on any atom is -0.485 e. The van der Waals surface area contributed by atoms with E-state index in [1.54, 1.807) is 33.6 Å². The predicted molar refractivity (Wildman–Crippen MR) is 98.7 cm³/mol. The van der Waals surface area contributed by atoms with Gasteiger partial charge in [-0.2, -0.15) is 0 Å². The number of nitrogens with zero attached hydrogens (tertiary/aromatic N) is 4. The first-order valence-corrected chi connectivity index (χ1v) is 9.46. The van der Waals surface area contributed by atoms with Gasteiger partial charge in [0.25, 0.3) is 0 Å². The van der Waals surface area contributed by atoms with Crippen molar-refractivity contribution in [2.24, 2.45) is 5.41 Å². The molecule has 0 spiro atoms. The zero-order chi connectivity index (χ0) is 18.0. The highest BCUT2D eigenvalue weighted by Crippen LogP contribution is 2.26. The molecule has 1 aromatic carbocycles. The van der Waals surface area contributed by atoms with Crippen molar-refractivity contribution in [2.45, 2.75) is 39.0 Å². The Balaban J connectivity index is 1.79. The number of ether oxygens (including phenoxy) is 1. The van der Waals surface area contributed by atoms with E-state index in [0.29, 0.717) is 29.6 Å². The number of rotatable bonds is 4. The monoisotopic (exact) mass is 380 g/mol. The molecule has 25 heavy (non-hydrogen) atoms. The van der Waals surface area contributed by atoms with E-state index in [4.69, 9.17) is 16.3 Å². The maximum absolute atomic E-state index is 12.7. The van der Waals surface area contributed by atoms with Crippen LogP contribution < -0.4 is 9.75 Å². The van der Waals surface area contributed by atoms with Gasteiger partial charge < -0.3 is 4.74 Å². The van der Waals surface area contributed by atoms with Gasteiger partial charge in [-0.25, -0.2) is 9.69 Å². The Kier molecular flexibility index (Phi) is 5.24. The molecule has 2 aromatic rings. The van der Waals surface area contributed by atoms with Crippen LogP contribution in [-0.4, -0.2) is 33.1 Å². The number of fused-ring (bicyclic) bond motifs is 1. The molecule has 134 valence electrons. The summed E-state index contributed by atoms with van der Waals surface area (Å²) in [7, 11) is 0. The van der Waals surface area contributed by atoms with Crippen molar-refractivity contribution in [1.29, 1.82) is 0 Å². The molecule has 1 aliphatic heterocycles. The summed E-state index contributed by atoms with van der Waals surface area (Å²) in [5.74, 6) is 2.13. The lowest BCUT2D eigenvalue weighted by Crippen LogP contribution is -2.46. The highest BCUT2D eigenvalue weighted by molar-refractivity contribution is 7.99. The number of thioether (sulfide) groups is 1. The summed E-state index contributed by atoms with van der Waals surface area (Å²) in [5.41, 5.74) is -0.0761. The SMILES string of the molecule is CC(C)(C)CC(=O)N1CCSc2nnc(COc3cccc(Cl)c3)n21. The number of carbonyl (C=O) groups is 1. The number of benzene rings is 1. The number of amides is 1. The number of hydrogen-bond acceptors (Lipinski definition) is 5. The first kappa shape index (κ1) is 18.1. The fourth-order valence-electron chi connectivity index (χ4n) is 2.53. The number of halogens is 1. The molecule has 0 N–H and O–H groups in total. The van der Waals surface area contributed by atoms with Crippen molar-refractivity contribution in [2.75, 3.05) is 17.3 Å². The van der Waals surface area contributed by atoms with Gasteiger partial charge in [-0.05, 0) is 23.6 Å². The van der Waals surface area contributed by atoms with Crippen LogP contribution in [0.2, 0.25) is 5.02 Å². The minimum absolute atomic E-state index is 0.0675. The average Bonchev–Trinajstić information content (AvgIpc) is 2.94. The van der Waals surface area contributed by atoms with Crippen LogP contribution in [0.1, 0.15) is 33.0 Å². The minimum atomic E-state index is -0.0761. The van der Waals surface area contributed by atoms with Crippen LogP contribution in [0.15, 0.2) is 29.4 Å². The van der Waals surface area contributed by atoms with Gasteiger partial charge in [-0.3, -0.25) is 4.79 Å². The van der Waals surface area contributed by atoms with Gasteiger partial charge in [0.15, 0.2) is 5.82 Å². The highest BCUT2D eigenvalue weighted by atomic mass is 35.5. The standard InChI is InChI=1S/C17H21ClN4O2S/c1-17(2,3)10-15(23)21-7-8-25-16-20-19-14(22(16)21)11-24-13-6-4-5-12(18)9-13/h4-6,9H,7-8,10-11H2,1-3H3. The molecule has 8 heteroatoms. The highest BCUT2D eigenvalue weighted by Gasteiger charge is 2.29. The maximum Gasteiger partial charge on any atom is 0.242 e. The smallest absolute Gasteiger partial charge is 0.242 e. The van der Waals surface area contributed by atoms with E-state index >= 15 is 0 Å². The number of carbonyl (C=O) groups excluding carboxylic acids is 1. The van der Waals surface area contributed by atoms with Crippen molar-refractivity contribution in [3.05, 3.63) is 35.1 Å². The molecule has 1 aromatic heterocycles. The average molecular weight is 381 g/mol. The first-order chi connectivity index (χ1) is 11.8. The molecule has 3 rings (SSSR count). The Morgan fingerprint density at radius 1 is 1.36 bits per heavy atom. The van der Waals surface area contributed by atoms with Crippen LogP contribution in [0.5, 0.6) is 5.75 Å². The molecule has 0 fully saturated rings. The Hall–Kier alpha value is -1.73. The molecule has 0 saturated heterocycles. The van der Waals surface area contributed by atoms with Gasteiger partial charge in [-0.15, -0.1) is 10.2 Å². The van der Waals surface area contributed by atoms with Gasteiger partial charge >= 0.3 is 0 Å². The summed E-state index contributed by atoms with van der Waals surface area (Å²) >= 11 is 7.57. The van der Waals surface area contributed by atoms with E-state index in [2.05, 4.69) is 31.0 Å². The van der Waals surface area contributed by atoms with Crippen LogP contribution >= 0.6 is 23.4 Å². The fourth-order valence-corrected chi connectivity index (χ4v) is 3.58. The largest absolute Gasteiger partial charge is 0.485 e. The van der Waals surface area contributed by atoms with E-state index in [9.17, 15) is 4.79 Å². The summed E-state index contributed by atoms with van der Waals surface area (Å²) in [6.07, 6.45) is 0.462. The van der Waals surface area contributed by atoms with Crippen LogP contribution in [-0.2, 0) is 11.4 Å². The van der Waals surface area contributed by atoms with E-state index in [-0.39, 0.29) is 17.9 Å². The Labute approximate surface area is 156 Å². The molecule has 0 saturated carbocycles. The lowest BCUT2D eigenvalue weighted by Gasteiger charge is -2.31. The summed E-state index contributed by atoms with van der Waals surface area (Å²) in [5, 5.41) is 11.5. The fraction of sp³-hybridized carbons (Fsp3) is 0.471. The zero-order valence-electron chi connectivity index (χ0n) is 14.5. The van der Waals surface area contributed by atoms with Gasteiger partial charge in [0.05, 0.1) is 6.54 Å². The number of hydrogen-bond donors (Lipinski definition) is 0. The molecule has 0 radical (unpaired) electrons. The third kappa shape index (κ3) is 4.46. The maximum atomic E-state index is 12.7. The van der Waals surface area contributed by atoms with Crippen LogP contribution in [0.25, 0.3) is 0 Å². The lowest BCUT2D eigenvalue weighted by molar-refractivity contribution is -0.122. The summed E-state index contributed by atoms with van der Waals surface area (Å²) in [6.45, 7) is 7.02. The summed E-state index contributed by atoms with van der Waals surface area (Å²) < 4.78 is 7.56. The van der Waals surface area contributed by atoms with Crippen LogP contribution in [0, 0.1) is 5.41 Å². The third-order valence-electron chi connectivity index (χ3n) is 3.59. The molecule has 2 heterocycles. The van der Waals surface area contributed by atoms with Gasteiger partial charge in [0.2, 0.25) is 11.1 Å². The molecule has 0 aliphatic carbocycles. The van der Waals surface area contributed by atoms with E-state index in [1.807, 2.05) is 12.1 Å². The third-order valence-corrected chi connectivity index (χ3v) is 4.72. The van der Waals surface area contributed by atoms with Crippen molar-refractivity contribution in [3.8, 4) is 5.75 Å². The van der Waals surface area contributed by atoms with Crippen molar-refractivity contribution in [3.63, 3.8) is 0 Å². The molecule has 1 aliphatic rings. The topological polar surface area (TPSA) is 60.3 Å². The molecule has 1 amide bonds.